The van der Waals surface area contributed by atoms with Crippen LogP contribution in [0.2, 0.25) is 0 Å². The molecule has 3 aromatic heterocycles. The second-order valence-electron chi connectivity index (χ2n) is 6.01. The molecule has 0 aliphatic heterocycles. The highest BCUT2D eigenvalue weighted by molar-refractivity contribution is 7.22. The van der Waals surface area contributed by atoms with E-state index >= 15 is 0 Å². The van der Waals surface area contributed by atoms with Crippen molar-refractivity contribution in [3.63, 3.8) is 0 Å². The Hall–Kier alpha value is -3.06. The molecular formula is C19H16N4O2S. The minimum atomic E-state index is -0.285. The van der Waals surface area contributed by atoms with E-state index in [1.807, 2.05) is 37.3 Å². The summed E-state index contributed by atoms with van der Waals surface area (Å²) in [6.07, 6.45) is 1.71. The number of aryl methyl sites for hydroxylation is 2. The molecular weight excluding hydrogens is 348 g/mol. The molecule has 0 spiro atoms. The van der Waals surface area contributed by atoms with E-state index in [9.17, 15) is 4.79 Å². The van der Waals surface area contributed by atoms with Gasteiger partial charge in [-0.3, -0.25) is 14.7 Å². The van der Waals surface area contributed by atoms with Gasteiger partial charge in [0.1, 0.15) is 0 Å². The van der Waals surface area contributed by atoms with E-state index in [0.717, 1.165) is 21.5 Å². The number of benzene rings is 1. The Morgan fingerprint density at radius 2 is 2.08 bits per heavy atom. The molecule has 0 radical (unpaired) electrons. The first-order chi connectivity index (χ1) is 12.6. The lowest BCUT2D eigenvalue weighted by atomic mass is 10.2. The van der Waals surface area contributed by atoms with Crippen LogP contribution in [-0.4, -0.2) is 21.0 Å². The van der Waals surface area contributed by atoms with Crippen molar-refractivity contribution in [2.24, 2.45) is 0 Å². The van der Waals surface area contributed by atoms with Crippen molar-refractivity contribution < 1.29 is 9.32 Å². The quantitative estimate of drug-likeness (QED) is 0.544. The van der Waals surface area contributed by atoms with Crippen LogP contribution < -0.4 is 4.90 Å². The average molecular weight is 364 g/mol. The largest absolute Gasteiger partial charge is 0.351 e. The van der Waals surface area contributed by atoms with Crippen LogP contribution in [0.4, 0.5) is 5.13 Å². The van der Waals surface area contributed by atoms with Gasteiger partial charge < -0.3 is 4.52 Å². The Kier molecular flexibility index (Phi) is 4.22. The predicted octanol–water partition coefficient (Wildman–Crippen LogP) is 4.14. The molecule has 4 rings (SSSR count). The minimum Gasteiger partial charge on any atom is -0.351 e. The van der Waals surface area contributed by atoms with Gasteiger partial charge >= 0.3 is 0 Å². The van der Waals surface area contributed by atoms with Crippen LogP contribution >= 0.6 is 11.3 Å². The van der Waals surface area contributed by atoms with Gasteiger partial charge in [-0.05, 0) is 43.7 Å². The highest BCUT2D eigenvalue weighted by Crippen LogP contribution is 2.31. The highest BCUT2D eigenvalue weighted by Gasteiger charge is 2.25. The molecule has 0 fully saturated rings. The van der Waals surface area contributed by atoms with Crippen LogP contribution in [0.3, 0.4) is 0 Å². The molecule has 3 heterocycles. The standard InChI is InChI=1S/C19H16N4O2S/c1-12-6-7-15-17(9-12)26-19(21-15)23(11-14-5-3-4-8-20-14)18(24)16-10-13(2)22-25-16/h3-10H,11H2,1-2H3. The Bertz CT molecular complexity index is 1070. The van der Waals surface area contributed by atoms with E-state index in [1.165, 1.54) is 11.3 Å². The highest BCUT2D eigenvalue weighted by atomic mass is 32.1. The molecule has 130 valence electrons. The molecule has 0 N–H and O–H groups in total. The SMILES string of the molecule is Cc1ccc2nc(N(Cc3ccccn3)C(=O)c3cc(C)no3)sc2c1. The molecule has 0 bridgehead atoms. The van der Waals surface area contributed by atoms with Crippen LogP contribution in [0.15, 0.2) is 53.2 Å². The number of hydrogen-bond acceptors (Lipinski definition) is 6. The van der Waals surface area contributed by atoms with Crippen LogP contribution in [-0.2, 0) is 6.54 Å². The van der Waals surface area contributed by atoms with Gasteiger partial charge in [0.15, 0.2) is 5.13 Å². The summed E-state index contributed by atoms with van der Waals surface area (Å²) in [6, 6.07) is 13.3. The van der Waals surface area contributed by atoms with E-state index in [0.29, 0.717) is 17.4 Å². The average Bonchev–Trinajstić information content (AvgIpc) is 3.25. The lowest BCUT2D eigenvalue weighted by molar-refractivity contribution is 0.0949. The molecule has 26 heavy (non-hydrogen) atoms. The fraction of sp³-hybridized carbons (Fsp3) is 0.158. The van der Waals surface area contributed by atoms with E-state index < -0.39 is 0 Å². The normalized spacial score (nSPS) is 11.0. The molecule has 6 nitrogen and oxygen atoms in total. The number of fused-ring (bicyclic) bond motifs is 1. The third-order valence-corrected chi connectivity index (χ3v) is 4.93. The van der Waals surface area contributed by atoms with Crippen molar-refractivity contribution in [2.75, 3.05) is 4.90 Å². The maximum atomic E-state index is 13.0. The van der Waals surface area contributed by atoms with E-state index in [-0.39, 0.29) is 11.7 Å². The molecule has 0 saturated heterocycles. The molecule has 0 atom stereocenters. The third-order valence-electron chi connectivity index (χ3n) is 3.89. The summed E-state index contributed by atoms with van der Waals surface area (Å²) < 4.78 is 6.21. The maximum absolute atomic E-state index is 13.0. The smallest absolute Gasteiger partial charge is 0.299 e. The zero-order valence-electron chi connectivity index (χ0n) is 14.3. The van der Waals surface area contributed by atoms with Gasteiger partial charge in [0.2, 0.25) is 5.76 Å². The van der Waals surface area contributed by atoms with E-state index in [1.54, 1.807) is 24.1 Å². The topological polar surface area (TPSA) is 72.1 Å². The van der Waals surface area contributed by atoms with Gasteiger partial charge in [-0.2, -0.15) is 0 Å². The zero-order chi connectivity index (χ0) is 18.1. The van der Waals surface area contributed by atoms with Crippen LogP contribution in [0, 0.1) is 13.8 Å². The number of amides is 1. The zero-order valence-corrected chi connectivity index (χ0v) is 15.2. The molecule has 1 aromatic carbocycles. The Morgan fingerprint density at radius 3 is 2.81 bits per heavy atom. The molecule has 0 aliphatic rings. The lowest BCUT2D eigenvalue weighted by Gasteiger charge is -2.17. The summed E-state index contributed by atoms with van der Waals surface area (Å²) in [5.41, 5.74) is 3.45. The third kappa shape index (κ3) is 3.21. The first kappa shape index (κ1) is 16.4. The molecule has 4 aromatic rings. The second kappa shape index (κ2) is 6.68. The monoisotopic (exact) mass is 364 g/mol. The molecule has 0 unspecified atom stereocenters. The second-order valence-corrected chi connectivity index (χ2v) is 7.02. The first-order valence-electron chi connectivity index (χ1n) is 8.12. The summed E-state index contributed by atoms with van der Waals surface area (Å²) in [5.74, 6) is -0.0964. The van der Waals surface area contributed by atoms with Crippen LogP contribution in [0.1, 0.15) is 27.5 Å². The van der Waals surface area contributed by atoms with Crippen molar-refractivity contribution in [3.8, 4) is 0 Å². The number of thiazole rings is 1. The minimum absolute atomic E-state index is 0.189. The molecule has 0 saturated carbocycles. The van der Waals surface area contributed by atoms with Gasteiger partial charge in [0.05, 0.1) is 28.1 Å². The number of nitrogens with zero attached hydrogens (tertiary/aromatic N) is 4. The van der Waals surface area contributed by atoms with Gasteiger partial charge in [0.25, 0.3) is 5.91 Å². The van der Waals surface area contributed by atoms with Crippen LogP contribution in [0.25, 0.3) is 10.2 Å². The van der Waals surface area contributed by atoms with E-state index in [2.05, 4.69) is 21.2 Å². The van der Waals surface area contributed by atoms with Gasteiger partial charge in [-0.1, -0.05) is 28.6 Å². The van der Waals surface area contributed by atoms with Crippen molar-refractivity contribution in [2.45, 2.75) is 20.4 Å². The Morgan fingerprint density at radius 1 is 1.19 bits per heavy atom. The number of aromatic nitrogens is 3. The number of carbonyl (C=O) groups excluding carboxylic acids is 1. The van der Waals surface area contributed by atoms with Crippen molar-refractivity contribution in [1.82, 2.24) is 15.1 Å². The number of carbonyl (C=O) groups is 1. The summed E-state index contributed by atoms with van der Waals surface area (Å²) in [4.78, 5) is 23.6. The van der Waals surface area contributed by atoms with Crippen molar-refractivity contribution >= 4 is 32.6 Å². The number of anilines is 1. The molecule has 1 amide bonds. The fourth-order valence-corrected chi connectivity index (χ4v) is 3.67. The number of pyridine rings is 1. The number of hydrogen-bond donors (Lipinski definition) is 0. The van der Waals surface area contributed by atoms with Gasteiger partial charge in [0, 0.05) is 12.3 Å². The molecule has 7 heteroatoms. The van der Waals surface area contributed by atoms with Gasteiger partial charge in [-0.15, -0.1) is 0 Å². The Labute approximate surface area is 154 Å². The fourth-order valence-electron chi connectivity index (χ4n) is 2.61. The van der Waals surface area contributed by atoms with Crippen LogP contribution in [0.5, 0.6) is 0 Å². The van der Waals surface area contributed by atoms with E-state index in [4.69, 9.17) is 4.52 Å². The lowest BCUT2D eigenvalue weighted by Crippen LogP contribution is -2.30. The maximum Gasteiger partial charge on any atom is 0.299 e. The van der Waals surface area contributed by atoms with Crippen molar-refractivity contribution in [1.29, 1.82) is 0 Å². The summed E-state index contributed by atoms with van der Waals surface area (Å²) in [5, 5.41) is 4.43. The molecule has 0 aliphatic carbocycles. The number of rotatable bonds is 4. The Balaban J connectivity index is 1.76. The summed E-state index contributed by atoms with van der Waals surface area (Å²) >= 11 is 1.47. The predicted molar refractivity (Wildman–Crippen MR) is 100 cm³/mol. The summed E-state index contributed by atoms with van der Waals surface area (Å²) in [7, 11) is 0. The first-order valence-corrected chi connectivity index (χ1v) is 8.94. The summed E-state index contributed by atoms with van der Waals surface area (Å²) in [6.45, 7) is 4.12. The van der Waals surface area contributed by atoms with Crippen molar-refractivity contribution in [3.05, 3.63) is 71.4 Å². The van der Waals surface area contributed by atoms with Gasteiger partial charge in [-0.25, -0.2) is 4.98 Å².